The van der Waals surface area contributed by atoms with Crippen LogP contribution < -0.4 is 11.1 Å². The van der Waals surface area contributed by atoms with E-state index in [0.29, 0.717) is 5.92 Å². The molecule has 18 heavy (non-hydrogen) atoms. The maximum atomic E-state index is 11.8. The van der Waals surface area contributed by atoms with E-state index in [1.54, 1.807) is 0 Å². The number of rotatable bonds is 6. The van der Waals surface area contributed by atoms with Crippen molar-refractivity contribution in [2.45, 2.75) is 64.0 Å². The molecule has 0 aromatic heterocycles. The summed E-state index contributed by atoms with van der Waals surface area (Å²) in [5, 5.41) is 11.5. The van der Waals surface area contributed by atoms with Crippen molar-refractivity contribution < 1.29 is 14.7 Å². The molecule has 0 saturated heterocycles. The highest BCUT2D eigenvalue weighted by molar-refractivity contribution is 5.82. The third-order valence-corrected chi connectivity index (χ3v) is 3.73. The van der Waals surface area contributed by atoms with Gasteiger partial charge < -0.3 is 16.2 Å². The van der Waals surface area contributed by atoms with Gasteiger partial charge in [0.05, 0.1) is 6.04 Å². The molecule has 1 saturated carbocycles. The van der Waals surface area contributed by atoms with E-state index in [1.165, 1.54) is 19.3 Å². The van der Waals surface area contributed by atoms with Crippen molar-refractivity contribution >= 4 is 11.9 Å². The first-order chi connectivity index (χ1) is 8.50. The van der Waals surface area contributed by atoms with Gasteiger partial charge in [0, 0.05) is 12.5 Å². The second kappa shape index (κ2) is 7.36. The Labute approximate surface area is 108 Å². The quantitative estimate of drug-likeness (QED) is 0.667. The van der Waals surface area contributed by atoms with Gasteiger partial charge in [-0.3, -0.25) is 9.59 Å². The Balaban J connectivity index is 2.31. The fourth-order valence-electron chi connectivity index (χ4n) is 2.49. The predicted octanol–water partition coefficient (Wildman–Crippen LogP) is 1.26. The molecule has 5 heteroatoms. The summed E-state index contributed by atoms with van der Waals surface area (Å²) in [6.45, 7) is 2.01. The third kappa shape index (κ3) is 5.04. The summed E-state index contributed by atoms with van der Waals surface area (Å²) in [5.74, 6) is -0.609. The lowest BCUT2D eigenvalue weighted by atomic mass is 9.84. The molecule has 0 aliphatic heterocycles. The number of carboxylic acids is 1. The zero-order valence-electron chi connectivity index (χ0n) is 11.0. The van der Waals surface area contributed by atoms with Gasteiger partial charge in [-0.05, 0) is 32.1 Å². The topological polar surface area (TPSA) is 92.4 Å². The Morgan fingerprint density at radius 1 is 1.33 bits per heavy atom. The van der Waals surface area contributed by atoms with Gasteiger partial charge in [0.25, 0.3) is 0 Å². The number of amides is 1. The van der Waals surface area contributed by atoms with Gasteiger partial charge in [-0.15, -0.1) is 0 Å². The van der Waals surface area contributed by atoms with Crippen LogP contribution in [0.2, 0.25) is 0 Å². The van der Waals surface area contributed by atoms with Crippen molar-refractivity contribution in [2.24, 2.45) is 11.7 Å². The van der Waals surface area contributed by atoms with Crippen LogP contribution in [0.25, 0.3) is 0 Å². The van der Waals surface area contributed by atoms with Crippen molar-refractivity contribution in [1.29, 1.82) is 0 Å². The molecule has 0 spiro atoms. The molecule has 104 valence electrons. The van der Waals surface area contributed by atoms with Crippen LogP contribution in [0.3, 0.4) is 0 Å². The van der Waals surface area contributed by atoms with E-state index >= 15 is 0 Å². The first kappa shape index (κ1) is 15.0. The van der Waals surface area contributed by atoms with Crippen molar-refractivity contribution in [2.75, 3.05) is 0 Å². The smallest absolute Gasteiger partial charge is 0.303 e. The van der Waals surface area contributed by atoms with Crippen molar-refractivity contribution in [3.8, 4) is 0 Å². The van der Waals surface area contributed by atoms with E-state index in [4.69, 9.17) is 10.8 Å². The van der Waals surface area contributed by atoms with Gasteiger partial charge in [-0.2, -0.15) is 0 Å². The van der Waals surface area contributed by atoms with E-state index in [0.717, 1.165) is 12.8 Å². The lowest BCUT2D eigenvalue weighted by Gasteiger charge is -2.29. The first-order valence-corrected chi connectivity index (χ1v) is 6.78. The Hall–Kier alpha value is -1.10. The van der Waals surface area contributed by atoms with Crippen LogP contribution in [0.4, 0.5) is 0 Å². The fraction of sp³-hybridized carbons (Fsp3) is 0.846. The van der Waals surface area contributed by atoms with E-state index in [9.17, 15) is 9.59 Å². The SMILES string of the molecule is CC(NC(=O)C(N)CCC(=O)O)C1CCCCC1. The van der Waals surface area contributed by atoms with Gasteiger partial charge in [-0.25, -0.2) is 0 Å². The highest BCUT2D eigenvalue weighted by atomic mass is 16.4. The molecule has 4 N–H and O–H groups in total. The molecule has 2 unspecified atom stereocenters. The van der Waals surface area contributed by atoms with Crippen molar-refractivity contribution in [1.82, 2.24) is 5.32 Å². The highest BCUT2D eigenvalue weighted by Crippen LogP contribution is 2.26. The summed E-state index contributed by atoms with van der Waals surface area (Å²) in [5.41, 5.74) is 5.67. The second-order valence-electron chi connectivity index (χ2n) is 5.23. The van der Waals surface area contributed by atoms with Gasteiger partial charge in [0.2, 0.25) is 5.91 Å². The number of hydrogen-bond donors (Lipinski definition) is 3. The summed E-state index contributed by atoms with van der Waals surface area (Å²) < 4.78 is 0. The molecule has 5 nitrogen and oxygen atoms in total. The molecule has 0 aromatic carbocycles. The average Bonchev–Trinajstić information content (AvgIpc) is 2.36. The van der Waals surface area contributed by atoms with Gasteiger partial charge in [0.15, 0.2) is 0 Å². The molecule has 2 atom stereocenters. The van der Waals surface area contributed by atoms with Crippen LogP contribution in [0.5, 0.6) is 0 Å². The molecule has 1 amide bonds. The molecule has 1 aliphatic rings. The van der Waals surface area contributed by atoms with Crippen LogP contribution >= 0.6 is 0 Å². The molecule has 0 radical (unpaired) electrons. The summed E-state index contributed by atoms with van der Waals surface area (Å²) >= 11 is 0. The number of hydrogen-bond acceptors (Lipinski definition) is 3. The number of carbonyl (C=O) groups excluding carboxylic acids is 1. The van der Waals surface area contributed by atoms with E-state index < -0.39 is 12.0 Å². The fourth-order valence-corrected chi connectivity index (χ4v) is 2.49. The number of carboxylic acid groups (broad SMARTS) is 1. The van der Waals surface area contributed by atoms with Gasteiger partial charge >= 0.3 is 5.97 Å². The van der Waals surface area contributed by atoms with Gasteiger partial charge in [-0.1, -0.05) is 19.3 Å². The van der Waals surface area contributed by atoms with Crippen LogP contribution in [0.1, 0.15) is 51.9 Å². The lowest BCUT2D eigenvalue weighted by molar-refractivity contribution is -0.137. The zero-order chi connectivity index (χ0) is 13.5. The van der Waals surface area contributed by atoms with Crippen LogP contribution in [-0.4, -0.2) is 29.1 Å². The van der Waals surface area contributed by atoms with Crippen LogP contribution in [0.15, 0.2) is 0 Å². The Bertz CT molecular complexity index is 288. The number of nitrogens with two attached hydrogens (primary N) is 1. The maximum Gasteiger partial charge on any atom is 0.303 e. The summed E-state index contributed by atoms with van der Waals surface area (Å²) in [4.78, 5) is 22.2. The molecule has 0 aromatic rings. The predicted molar refractivity (Wildman–Crippen MR) is 69.0 cm³/mol. The number of aliphatic carboxylic acids is 1. The van der Waals surface area contributed by atoms with E-state index in [-0.39, 0.29) is 24.8 Å². The maximum absolute atomic E-state index is 11.8. The molecular formula is C13H24N2O3. The summed E-state index contributed by atoms with van der Waals surface area (Å²) in [6.07, 6.45) is 6.20. The van der Waals surface area contributed by atoms with Gasteiger partial charge in [0.1, 0.15) is 0 Å². The number of nitrogens with one attached hydrogen (secondary N) is 1. The Kier molecular flexibility index (Phi) is 6.12. The molecule has 1 aliphatic carbocycles. The van der Waals surface area contributed by atoms with Crippen LogP contribution in [-0.2, 0) is 9.59 Å². The third-order valence-electron chi connectivity index (χ3n) is 3.73. The Morgan fingerprint density at radius 3 is 2.50 bits per heavy atom. The minimum atomic E-state index is -0.918. The highest BCUT2D eigenvalue weighted by Gasteiger charge is 2.23. The van der Waals surface area contributed by atoms with E-state index in [2.05, 4.69) is 5.32 Å². The van der Waals surface area contributed by atoms with Crippen LogP contribution in [0, 0.1) is 5.92 Å². The minimum Gasteiger partial charge on any atom is -0.481 e. The minimum absolute atomic E-state index is 0.0631. The standard InChI is InChI=1S/C13H24N2O3/c1-9(10-5-3-2-4-6-10)15-13(18)11(14)7-8-12(16)17/h9-11H,2-8,14H2,1H3,(H,15,18)(H,16,17). The molecule has 0 bridgehead atoms. The second-order valence-corrected chi connectivity index (χ2v) is 5.23. The molecular weight excluding hydrogens is 232 g/mol. The average molecular weight is 256 g/mol. The molecule has 0 heterocycles. The summed E-state index contributed by atoms with van der Waals surface area (Å²) in [6, 6.07) is -0.583. The summed E-state index contributed by atoms with van der Waals surface area (Å²) in [7, 11) is 0. The zero-order valence-corrected chi connectivity index (χ0v) is 11.0. The van der Waals surface area contributed by atoms with Crippen molar-refractivity contribution in [3.63, 3.8) is 0 Å². The van der Waals surface area contributed by atoms with Crippen molar-refractivity contribution in [3.05, 3.63) is 0 Å². The first-order valence-electron chi connectivity index (χ1n) is 6.78. The lowest BCUT2D eigenvalue weighted by Crippen LogP contribution is -2.47. The molecule has 1 rings (SSSR count). The number of carbonyl (C=O) groups is 2. The largest absolute Gasteiger partial charge is 0.481 e. The monoisotopic (exact) mass is 256 g/mol. The van der Waals surface area contributed by atoms with E-state index in [1.807, 2.05) is 6.92 Å². The molecule has 1 fully saturated rings. The Morgan fingerprint density at radius 2 is 1.94 bits per heavy atom. The normalized spacial score (nSPS) is 20.1.